The largest absolute Gasteiger partial charge is 0.477 e. The van der Waals surface area contributed by atoms with Crippen LogP contribution in [0.15, 0.2) is 59.5 Å². The van der Waals surface area contributed by atoms with E-state index in [1.165, 1.54) is 11.3 Å². The number of rotatable bonds is 7. The van der Waals surface area contributed by atoms with Crippen LogP contribution in [-0.4, -0.2) is 30.2 Å². The van der Waals surface area contributed by atoms with Gasteiger partial charge in [0.05, 0.1) is 32.4 Å². The Morgan fingerprint density at radius 2 is 1.83 bits per heavy atom. The van der Waals surface area contributed by atoms with Crippen molar-refractivity contribution in [2.24, 2.45) is 0 Å². The van der Waals surface area contributed by atoms with Gasteiger partial charge in [0, 0.05) is 17.3 Å². The van der Waals surface area contributed by atoms with Gasteiger partial charge < -0.3 is 4.74 Å². The van der Waals surface area contributed by atoms with Crippen molar-refractivity contribution in [2.45, 2.75) is 25.2 Å². The molecule has 0 saturated carbocycles. The summed E-state index contributed by atoms with van der Waals surface area (Å²) in [6, 6.07) is 15.5. The van der Waals surface area contributed by atoms with Crippen LogP contribution in [-0.2, 0) is 10.0 Å². The van der Waals surface area contributed by atoms with Crippen LogP contribution in [0.3, 0.4) is 0 Å². The van der Waals surface area contributed by atoms with E-state index in [-0.39, 0.29) is 4.90 Å². The lowest BCUT2D eigenvalue weighted by atomic mass is 10.1. The number of nitrogens with one attached hydrogen (secondary N) is 1. The van der Waals surface area contributed by atoms with E-state index >= 15 is 0 Å². The number of anilines is 1. The fraction of sp³-hybridized carbons (Fsp3) is 0.190. The highest BCUT2D eigenvalue weighted by atomic mass is 32.2. The summed E-state index contributed by atoms with van der Waals surface area (Å²) < 4.78 is 34.4. The van der Waals surface area contributed by atoms with Gasteiger partial charge in [0.15, 0.2) is 0 Å². The number of ether oxygens (including phenoxy) is 1. The van der Waals surface area contributed by atoms with Crippen LogP contribution in [0.5, 0.6) is 5.88 Å². The maximum atomic E-state index is 12.8. The second-order valence-corrected chi connectivity index (χ2v) is 9.57. The van der Waals surface area contributed by atoms with Crippen LogP contribution in [0.2, 0.25) is 0 Å². The molecule has 2 aromatic heterocycles. The smallest absolute Gasteiger partial charge is 0.261 e. The third kappa shape index (κ3) is 4.42. The van der Waals surface area contributed by atoms with Crippen molar-refractivity contribution in [1.82, 2.24) is 15.2 Å². The molecule has 0 aliphatic heterocycles. The molecule has 9 heteroatoms. The Labute approximate surface area is 178 Å². The van der Waals surface area contributed by atoms with E-state index in [2.05, 4.69) is 19.9 Å². The first-order valence-corrected chi connectivity index (χ1v) is 11.7. The highest BCUT2D eigenvalue weighted by molar-refractivity contribution is 7.92. The van der Waals surface area contributed by atoms with E-state index in [0.717, 1.165) is 27.2 Å². The molecule has 0 spiro atoms. The van der Waals surface area contributed by atoms with E-state index in [1.807, 2.05) is 19.9 Å². The zero-order valence-electron chi connectivity index (χ0n) is 16.5. The summed E-state index contributed by atoms with van der Waals surface area (Å²) in [7, 11) is -3.70. The molecule has 0 saturated heterocycles. The average molecular weight is 441 g/mol. The van der Waals surface area contributed by atoms with Gasteiger partial charge >= 0.3 is 0 Å². The Kier molecular flexibility index (Phi) is 5.65. The van der Waals surface area contributed by atoms with E-state index in [9.17, 15) is 8.42 Å². The Balaban J connectivity index is 1.50. The molecule has 0 atom stereocenters. The van der Waals surface area contributed by atoms with Crippen LogP contribution >= 0.6 is 11.3 Å². The minimum atomic E-state index is -3.70. The SMILES string of the molecule is CCCOc1ccc(-c2ccc(NS(=O)(=O)c3ccc4nc(C)sc4c3)cc2)nn1. The average Bonchev–Trinajstić information content (AvgIpc) is 3.12. The van der Waals surface area contributed by atoms with E-state index < -0.39 is 10.0 Å². The topological polar surface area (TPSA) is 94.1 Å². The fourth-order valence-corrected chi connectivity index (χ4v) is 4.89. The quantitative estimate of drug-likeness (QED) is 0.449. The first-order valence-electron chi connectivity index (χ1n) is 9.41. The van der Waals surface area contributed by atoms with E-state index in [1.54, 1.807) is 48.5 Å². The van der Waals surface area contributed by atoms with Crippen molar-refractivity contribution >= 4 is 37.3 Å². The van der Waals surface area contributed by atoms with Crippen LogP contribution in [0.4, 0.5) is 5.69 Å². The predicted octanol–water partition coefficient (Wildman–Crippen LogP) is 4.65. The second-order valence-electron chi connectivity index (χ2n) is 6.65. The first kappa shape index (κ1) is 20.2. The summed E-state index contributed by atoms with van der Waals surface area (Å²) in [4.78, 5) is 4.57. The maximum absolute atomic E-state index is 12.8. The van der Waals surface area contributed by atoms with Crippen molar-refractivity contribution in [3.05, 3.63) is 59.6 Å². The lowest BCUT2D eigenvalue weighted by Gasteiger charge is -2.09. The van der Waals surface area contributed by atoms with E-state index in [0.29, 0.717) is 23.9 Å². The molecule has 0 aliphatic rings. The molecular formula is C21H20N4O3S2. The highest BCUT2D eigenvalue weighted by Gasteiger charge is 2.16. The number of aromatic nitrogens is 3. The van der Waals surface area contributed by atoms with Crippen molar-refractivity contribution < 1.29 is 13.2 Å². The van der Waals surface area contributed by atoms with E-state index in [4.69, 9.17) is 4.74 Å². The first-order chi connectivity index (χ1) is 14.4. The normalized spacial score (nSPS) is 11.5. The van der Waals surface area contributed by atoms with Gasteiger partial charge in [-0.25, -0.2) is 13.4 Å². The summed E-state index contributed by atoms with van der Waals surface area (Å²) in [6.07, 6.45) is 0.901. The Bertz CT molecular complexity index is 1270. The van der Waals surface area contributed by atoms with Gasteiger partial charge in [0.2, 0.25) is 5.88 Å². The molecule has 0 bridgehead atoms. The third-order valence-electron chi connectivity index (χ3n) is 4.30. The minimum absolute atomic E-state index is 0.205. The molecule has 7 nitrogen and oxygen atoms in total. The van der Waals surface area contributed by atoms with Crippen LogP contribution < -0.4 is 9.46 Å². The molecule has 2 aromatic carbocycles. The number of hydrogen-bond acceptors (Lipinski definition) is 7. The van der Waals surface area contributed by atoms with Gasteiger partial charge in [-0.1, -0.05) is 19.1 Å². The lowest BCUT2D eigenvalue weighted by molar-refractivity contribution is 0.302. The standard InChI is InChI=1S/C21H20N4O3S2/c1-3-12-28-21-11-10-18(23-24-21)15-4-6-16(7-5-15)25-30(26,27)17-8-9-19-20(13-17)29-14(2)22-19/h4-11,13,25H,3,12H2,1-2H3. The lowest BCUT2D eigenvalue weighted by Crippen LogP contribution is -2.12. The summed E-state index contributed by atoms with van der Waals surface area (Å²) in [5.74, 6) is 0.484. The molecular weight excluding hydrogens is 420 g/mol. The van der Waals surface area contributed by atoms with Gasteiger partial charge in [-0.2, -0.15) is 0 Å². The van der Waals surface area contributed by atoms with Gasteiger partial charge in [-0.3, -0.25) is 4.72 Å². The summed E-state index contributed by atoms with van der Waals surface area (Å²) in [5.41, 5.74) is 2.77. The highest BCUT2D eigenvalue weighted by Crippen LogP contribution is 2.26. The van der Waals surface area contributed by atoms with Crippen molar-refractivity contribution in [3.63, 3.8) is 0 Å². The Morgan fingerprint density at radius 3 is 2.53 bits per heavy atom. The predicted molar refractivity (Wildman–Crippen MR) is 118 cm³/mol. The number of fused-ring (bicyclic) bond motifs is 1. The fourth-order valence-electron chi connectivity index (χ4n) is 2.87. The van der Waals surface area contributed by atoms with Crippen molar-refractivity contribution in [2.75, 3.05) is 11.3 Å². The maximum Gasteiger partial charge on any atom is 0.261 e. The van der Waals surface area contributed by atoms with Gasteiger partial charge in [0.25, 0.3) is 10.0 Å². The molecule has 2 heterocycles. The van der Waals surface area contributed by atoms with Gasteiger partial charge in [-0.05, 0) is 49.7 Å². The minimum Gasteiger partial charge on any atom is -0.477 e. The number of benzene rings is 2. The Morgan fingerprint density at radius 1 is 1.03 bits per heavy atom. The van der Waals surface area contributed by atoms with Gasteiger partial charge in [0.1, 0.15) is 0 Å². The zero-order chi connectivity index (χ0) is 21.1. The second kappa shape index (κ2) is 8.37. The number of thiazole rings is 1. The molecule has 0 amide bonds. The number of sulfonamides is 1. The number of hydrogen-bond donors (Lipinski definition) is 1. The third-order valence-corrected chi connectivity index (χ3v) is 6.62. The summed E-state index contributed by atoms with van der Waals surface area (Å²) in [6.45, 7) is 4.52. The van der Waals surface area contributed by atoms with Crippen LogP contribution in [0.25, 0.3) is 21.5 Å². The molecule has 1 N–H and O–H groups in total. The van der Waals surface area contributed by atoms with Crippen molar-refractivity contribution in [3.8, 4) is 17.1 Å². The van der Waals surface area contributed by atoms with Crippen LogP contribution in [0.1, 0.15) is 18.4 Å². The molecule has 0 fully saturated rings. The van der Waals surface area contributed by atoms with Crippen LogP contribution in [0, 0.1) is 6.92 Å². The van der Waals surface area contributed by atoms with Crippen molar-refractivity contribution in [1.29, 1.82) is 0 Å². The monoisotopic (exact) mass is 440 g/mol. The number of aryl methyl sites for hydroxylation is 1. The summed E-state index contributed by atoms with van der Waals surface area (Å²) in [5, 5.41) is 9.12. The van der Waals surface area contributed by atoms with Gasteiger partial charge in [-0.15, -0.1) is 21.5 Å². The molecule has 4 rings (SSSR count). The molecule has 154 valence electrons. The summed E-state index contributed by atoms with van der Waals surface area (Å²) >= 11 is 1.47. The molecule has 4 aromatic rings. The molecule has 0 aliphatic carbocycles. The molecule has 0 unspecified atom stereocenters. The molecule has 30 heavy (non-hydrogen) atoms. The molecule has 0 radical (unpaired) electrons. The Hall–Kier alpha value is -3.04. The number of nitrogens with zero attached hydrogens (tertiary/aromatic N) is 3. The zero-order valence-corrected chi connectivity index (χ0v) is 18.1.